The van der Waals surface area contributed by atoms with E-state index in [4.69, 9.17) is 9.47 Å². The van der Waals surface area contributed by atoms with E-state index in [1.807, 2.05) is 6.07 Å². The average molecular weight is 616 g/mol. The van der Waals surface area contributed by atoms with Gasteiger partial charge in [0.05, 0.1) is 13.2 Å². The van der Waals surface area contributed by atoms with Crippen molar-refractivity contribution in [1.29, 1.82) is 0 Å². The summed E-state index contributed by atoms with van der Waals surface area (Å²) in [5, 5.41) is 0. The van der Waals surface area contributed by atoms with Gasteiger partial charge in [-0.1, -0.05) is 19.4 Å². The van der Waals surface area contributed by atoms with Crippen molar-refractivity contribution < 1.29 is 45.4 Å². The monoisotopic (exact) mass is 615 g/mol. The first kappa shape index (κ1) is 22.6. The minimum atomic E-state index is -0.667. The maximum absolute atomic E-state index is 12.8. The number of hydrogen-bond acceptors (Lipinski definition) is 3. The number of methoxy groups -OCH3 is 1. The fraction of sp³-hybridized carbons (Fsp3) is 0.480. The molecular formula is C25H29O3U-. The Bertz CT molecular complexity index is 897. The zero-order valence-corrected chi connectivity index (χ0v) is 22.0. The largest absolute Gasteiger partial charge is 0.467 e. The topological polar surface area (TPSA) is 35.5 Å². The van der Waals surface area contributed by atoms with Gasteiger partial charge in [-0.2, -0.15) is 29.8 Å². The number of ether oxygens (including phenoxy) is 2. The summed E-state index contributed by atoms with van der Waals surface area (Å²) in [5.74, 6) is 0.267. The van der Waals surface area contributed by atoms with Crippen LogP contribution in [0.2, 0.25) is 0 Å². The molecule has 4 heteroatoms. The third kappa shape index (κ3) is 4.82. The second-order valence-electron chi connectivity index (χ2n) is 8.18. The van der Waals surface area contributed by atoms with Gasteiger partial charge < -0.3 is 9.47 Å². The van der Waals surface area contributed by atoms with E-state index < -0.39 is 6.10 Å². The summed E-state index contributed by atoms with van der Waals surface area (Å²) < 4.78 is 11.4. The molecule has 1 atom stereocenters. The number of hydrogen-bond donors (Lipinski definition) is 0. The zero-order valence-electron chi connectivity index (χ0n) is 17.8. The quantitative estimate of drug-likeness (QED) is 0.301. The molecular weight excluding hydrogens is 586 g/mol. The van der Waals surface area contributed by atoms with E-state index in [0.717, 1.165) is 36.0 Å². The maximum Gasteiger partial charge on any atom is 0.339 e. The molecule has 2 fully saturated rings. The summed E-state index contributed by atoms with van der Waals surface area (Å²) in [6.45, 7) is 6.43. The first-order chi connectivity index (χ1) is 13.5. The number of rotatable bonds is 7. The molecule has 0 spiro atoms. The fourth-order valence-corrected chi connectivity index (χ4v) is 4.19. The molecule has 2 aliphatic carbocycles. The Labute approximate surface area is 197 Å². The van der Waals surface area contributed by atoms with Gasteiger partial charge >= 0.3 is 5.97 Å². The summed E-state index contributed by atoms with van der Waals surface area (Å²) in [6, 6.07) is 11.9. The molecule has 152 valence electrons. The Morgan fingerprint density at radius 1 is 1.17 bits per heavy atom. The van der Waals surface area contributed by atoms with Crippen LogP contribution in [-0.4, -0.2) is 19.2 Å². The van der Waals surface area contributed by atoms with E-state index >= 15 is 0 Å². The SMILES string of the molecule is CCc1[c-]ccc(-c2c(C3CC3)c(C)cc(C)c2C(OC2CC2)C(=O)OC)c1.[U]. The molecule has 3 nitrogen and oxygen atoms in total. The van der Waals surface area contributed by atoms with E-state index in [0.29, 0.717) is 5.92 Å². The predicted molar refractivity (Wildman–Crippen MR) is 110 cm³/mol. The van der Waals surface area contributed by atoms with Gasteiger partial charge in [0.25, 0.3) is 0 Å². The van der Waals surface area contributed by atoms with Gasteiger partial charge in [-0.25, -0.2) is 4.79 Å². The van der Waals surface area contributed by atoms with Gasteiger partial charge in [-0.05, 0) is 67.7 Å². The molecule has 0 saturated heterocycles. The molecule has 1 unspecified atom stereocenters. The van der Waals surface area contributed by atoms with Gasteiger partial charge in [-0.15, -0.1) is 5.56 Å². The molecule has 0 bridgehead atoms. The van der Waals surface area contributed by atoms with Crippen molar-refractivity contribution in [2.45, 2.75) is 71.0 Å². The Kier molecular flexibility index (Phi) is 7.31. The third-order valence-corrected chi connectivity index (χ3v) is 5.87. The number of aryl methyl sites for hydroxylation is 3. The molecule has 2 aromatic rings. The molecule has 29 heavy (non-hydrogen) atoms. The fourth-order valence-electron chi connectivity index (χ4n) is 4.19. The molecule has 0 N–H and O–H groups in total. The van der Waals surface area contributed by atoms with Crippen molar-refractivity contribution in [2.24, 2.45) is 0 Å². The van der Waals surface area contributed by atoms with Gasteiger partial charge in [0.1, 0.15) is 0 Å². The van der Waals surface area contributed by atoms with Crippen molar-refractivity contribution in [3.63, 3.8) is 0 Å². The summed E-state index contributed by atoms with van der Waals surface area (Å²) in [6.07, 6.45) is 4.89. The molecule has 0 amide bonds. The smallest absolute Gasteiger partial charge is 0.339 e. The van der Waals surface area contributed by atoms with Crippen molar-refractivity contribution in [1.82, 2.24) is 0 Å². The van der Waals surface area contributed by atoms with Crippen molar-refractivity contribution in [3.8, 4) is 11.1 Å². The first-order valence-corrected chi connectivity index (χ1v) is 10.4. The minimum absolute atomic E-state index is 0. The zero-order chi connectivity index (χ0) is 19.8. The number of benzene rings is 2. The molecule has 0 aliphatic heterocycles. The molecule has 2 saturated carbocycles. The van der Waals surface area contributed by atoms with Crippen LogP contribution in [0.1, 0.15) is 72.4 Å². The van der Waals surface area contributed by atoms with Crippen LogP contribution >= 0.6 is 0 Å². The van der Waals surface area contributed by atoms with Gasteiger partial charge in [-0.3, -0.25) is 0 Å². The maximum atomic E-state index is 12.8. The molecule has 0 radical (unpaired) electrons. The molecule has 2 aliphatic rings. The van der Waals surface area contributed by atoms with Crippen LogP contribution in [0.15, 0.2) is 24.3 Å². The standard InChI is InChI=1S/C25H29O3.U/c1-5-17-7-6-8-19(14-17)23-21(18-9-10-18)15(2)13-16(3)22(23)24(25(26)27-4)28-20-11-12-20;/h6,8,13-14,18,20,24H,5,9-12H2,1-4H3;/q-1;. The second-order valence-corrected chi connectivity index (χ2v) is 8.18. The summed E-state index contributed by atoms with van der Waals surface area (Å²) in [7, 11) is 1.45. The van der Waals surface area contributed by atoms with Crippen LogP contribution in [0.25, 0.3) is 11.1 Å². The normalized spacial score (nSPS) is 16.8. The third-order valence-electron chi connectivity index (χ3n) is 5.87. The molecule has 0 heterocycles. The van der Waals surface area contributed by atoms with Gasteiger partial charge in [0.2, 0.25) is 0 Å². The van der Waals surface area contributed by atoms with Crippen molar-refractivity contribution in [2.75, 3.05) is 7.11 Å². The van der Waals surface area contributed by atoms with Crippen LogP contribution in [0, 0.1) is 51.0 Å². The van der Waals surface area contributed by atoms with E-state index in [9.17, 15) is 4.79 Å². The van der Waals surface area contributed by atoms with E-state index in [1.54, 1.807) is 0 Å². The van der Waals surface area contributed by atoms with Gasteiger partial charge in [0, 0.05) is 36.7 Å². The minimum Gasteiger partial charge on any atom is -0.467 e. The van der Waals surface area contributed by atoms with Crippen LogP contribution < -0.4 is 0 Å². The predicted octanol–water partition coefficient (Wildman–Crippen LogP) is 5.60. The molecule has 4 rings (SSSR count). The number of esters is 1. The second kappa shape index (κ2) is 9.38. The Hall–Kier alpha value is -1.08. The van der Waals surface area contributed by atoms with Crippen molar-refractivity contribution >= 4 is 5.97 Å². The Morgan fingerprint density at radius 3 is 2.48 bits per heavy atom. The molecule has 2 aromatic carbocycles. The molecule has 0 aromatic heterocycles. The van der Waals surface area contributed by atoms with E-state index in [-0.39, 0.29) is 43.2 Å². The summed E-state index contributed by atoms with van der Waals surface area (Å²) >= 11 is 0. The van der Waals surface area contributed by atoms with E-state index in [2.05, 4.69) is 45.0 Å². The van der Waals surface area contributed by atoms with Gasteiger partial charge in [0.15, 0.2) is 6.10 Å². The summed E-state index contributed by atoms with van der Waals surface area (Å²) in [4.78, 5) is 12.8. The number of carbonyl (C=O) groups excluding carboxylic acids is 1. The van der Waals surface area contributed by atoms with Crippen LogP contribution in [-0.2, 0) is 20.7 Å². The van der Waals surface area contributed by atoms with Crippen LogP contribution in [0.3, 0.4) is 0 Å². The van der Waals surface area contributed by atoms with Crippen LogP contribution in [0.5, 0.6) is 0 Å². The van der Waals surface area contributed by atoms with E-state index in [1.165, 1.54) is 42.2 Å². The number of carbonyl (C=O) groups is 1. The first-order valence-electron chi connectivity index (χ1n) is 10.4. The Balaban J connectivity index is 0.00000240. The average Bonchev–Trinajstić information content (AvgIpc) is 3.60. The summed E-state index contributed by atoms with van der Waals surface area (Å²) in [5.41, 5.74) is 8.29. The van der Waals surface area contributed by atoms with Crippen LogP contribution in [0.4, 0.5) is 0 Å². The van der Waals surface area contributed by atoms with Crippen molar-refractivity contribution in [3.05, 3.63) is 58.1 Å². The Morgan fingerprint density at radius 2 is 1.90 bits per heavy atom.